The molecule has 2 N–H and O–H groups in total. The molecule has 0 radical (unpaired) electrons. The van der Waals surface area contributed by atoms with Crippen molar-refractivity contribution in [1.82, 2.24) is 92.7 Å². The molecule has 1 aliphatic carbocycles. The maximum atomic E-state index is 12.7. The van der Waals surface area contributed by atoms with E-state index >= 15 is 0 Å². The van der Waals surface area contributed by atoms with E-state index in [1.54, 1.807) is 74.6 Å². The molecule has 3 amide bonds. The molecule has 3 aliphatic heterocycles. The van der Waals surface area contributed by atoms with Gasteiger partial charge >= 0.3 is 0 Å². The highest BCUT2D eigenvalue weighted by Crippen LogP contribution is 2.37. The number of aliphatic hydroxyl groups excluding tert-OH is 2. The number of aryl methyl sites for hydroxylation is 3. The van der Waals surface area contributed by atoms with E-state index in [0.29, 0.717) is 108 Å². The van der Waals surface area contributed by atoms with Crippen LogP contribution in [0.1, 0.15) is 74.5 Å². The molecular weight excluding hydrogens is 1480 g/mol. The van der Waals surface area contributed by atoms with Crippen LogP contribution >= 0.6 is 0 Å². The highest BCUT2D eigenvalue weighted by Gasteiger charge is 2.28. The maximum absolute atomic E-state index is 12.7. The molecule has 12 aromatic rings. The van der Waals surface area contributed by atoms with E-state index in [-0.39, 0.29) is 37.0 Å². The average molecular weight is 1560 g/mol. The summed E-state index contributed by atoms with van der Waals surface area (Å²) >= 11 is 0. The van der Waals surface area contributed by atoms with Gasteiger partial charge in [-0.2, -0.15) is 46.4 Å². The van der Waals surface area contributed by atoms with Gasteiger partial charge in [-0.3, -0.25) is 33.3 Å². The van der Waals surface area contributed by atoms with Crippen molar-refractivity contribution in [3.05, 3.63) is 164 Å². The molecule has 3 saturated heterocycles. The fourth-order valence-corrected chi connectivity index (χ4v) is 14.5. The third-order valence-electron chi connectivity index (χ3n) is 21.1. The SMILES string of the molecule is C#CCC(O)CC(=O)N1CCN(c2ccc(-c3cc(-c4cnn(C)c4)cn4ncc(C#N)c34)cn2)CC1.CN(C)CC#CCC(O)CC(=O)N1CCN(c2ccc(-c3cc(-c4cnn(C)c4)cn4ncc(C#N)c34)cn2)CC1.Cn1cc(-c2cc(-c3ccc(N4CCN(C(=O)CCC#CCC5CC5)CC4)nc3)c3c(C#N)cnn3c2)cn1. The molecule has 592 valence electrons. The topological polar surface area (TPSA) is 330 Å². The second-order valence-electron chi connectivity index (χ2n) is 29.8. The van der Waals surface area contributed by atoms with Gasteiger partial charge in [0.05, 0.1) is 102 Å². The lowest BCUT2D eigenvalue weighted by Gasteiger charge is -2.35. The van der Waals surface area contributed by atoms with E-state index in [1.165, 1.54) is 12.8 Å². The van der Waals surface area contributed by atoms with Gasteiger partial charge in [-0.05, 0) is 87.5 Å². The number of aliphatic hydroxyl groups is 2. The van der Waals surface area contributed by atoms with Crippen LogP contribution in [0.5, 0.6) is 0 Å². The minimum absolute atomic E-state index is 0.0446. The summed E-state index contributed by atoms with van der Waals surface area (Å²) in [7, 11) is 9.49. The molecule has 2 atom stereocenters. The summed E-state index contributed by atoms with van der Waals surface area (Å²) in [6.45, 7) is 8.33. The molecular formula is C87H89N25O5. The molecule has 4 fully saturated rings. The summed E-state index contributed by atoms with van der Waals surface area (Å²) < 4.78 is 10.5. The molecule has 4 aliphatic rings. The smallest absolute Gasteiger partial charge is 0.225 e. The number of piperazine rings is 3. The normalized spacial score (nSPS) is 14.6. The van der Waals surface area contributed by atoms with Crippen LogP contribution in [0.3, 0.4) is 0 Å². The number of rotatable bonds is 19. The second-order valence-corrected chi connectivity index (χ2v) is 29.8. The van der Waals surface area contributed by atoms with Crippen LogP contribution in [0.2, 0.25) is 0 Å². The summed E-state index contributed by atoms with van der Waals surface area (Å²) in [6, 6.07) is 24.8. The Morgan fingerprint density at radius 3 is 1.13 bits per heavy atom. The fraction of sp³-hybridized carbons (Fsp3) is 0.345. The number of anilines is 3. The van der Waals surface area contributed by atoms with Crippen LogP contribution in [-0.4, -0.2) is 232 Å². The number of terminal acetylenes is 1. The average Bonchev–Trinajstić information content (AvgIpc) is 1.67. The molecule has 0 spiro atoms. The third-order valence-corrected chi connectivity index (χ3v) is 21.1. The molecule has 16 rings (SSSR count). The van der Waals surface area contributed by atoms with Gasteiger partial charge in [-0.15, -0.1) is 24.2 Å². The fourth-order valence-electron chi connectivity index (χ4n) is 14.5. The van der Waals surface area contributed by atoms with Gasteiger partial charge in [-0.25, -0.2) is 28.5 Å². The summed E-state index contributed by atoms with van der Waals surface area (Å²) in [6.07, 6.45) is 36.1. The summed E-state index contributed by atoms with van der Waals surface area (Å²) in [5, 5.41) is 75.1. The van der Waals surface area contributed by atoms with E-state index in [2.05, 4.69) is 99.2 Å². The lowest BCUT2D eigenvalue weighted by molar-refractivity contribution is -0.134. The number of nitrogens with zero attached hydrogens (tertiary/aromatic N) is 25. The highest BCUT2D eigenvalue weighted by molar-refractivity contribution is 5.90. The summed E-state index contributed by atoms with van der Waals surface area (Å²) in [5.41, 5.74) is 14.7. The highest BCUT2D eigenvalue weighted by atomic mass is 16.3. The van der Waals surface area contributed by atoms with E-state index < -0.39 is 12.2 Å². The number of hydrogen-bond acceptors (Lipinski definition) is 21. The lowest BCUT2D eigenvalue weighted by Crippen LogP contribution is -2.49. The summed E-state index contributed by atoms with van der Waals surface area (Å²) in [5.74, 6) is 18.1. The molecule has 117 heavy (non-hydrogen) atoms. The zero-order valence-electron chi connectivity index (χ0n) is 66.0. The zero-order valence-corrected chi connectivity index (χ0v) is 66.0. The Balaban J connectivity index is 0.000000145. The molecule has 1 saturated carbocycles. The Morgan fingerprint density at radius 1 is 0.444 bits per heavy atom. The van der Waals surface area contributed by atoms with Crippen molar-refractivity contribution in [3.8, 4) is 121 Å². The number of hydrogen-bond donors (Lipinski definition) is 2. The largest absolute Gasteiger partial charge is 0.392 e. The van der Waals surface area contributed by atoms with Crippen LogP contribution in [0.25, 0.3) is 83.3 Å². The predicted molar refractivity (Wildman–Crippen MR) is 442 cm³/mol. The lowest BCUT2D eigenvalue weighted by atomic mass is 10.0. The standard InChI is InChI=1S/C30H33N9O2.C30H30N8O.C27H26N8O2/c1-35(2)9-5-4-6-26(40)15-29(41)38-12-10-37(11-13-38)28-8-7-22(17-32-28)27-14-23(25-19-33-36(3)20-25)21-39-30(27)24(16-31)18-34-39;1-35-20-26(19-33-35)24-15-27(30-25(16-31)18-34-38(30)21-24)23-9-10-28(32-17-23)36-11-13-37(14-12-36)29(39)6-4-2-3-5-22-7-8-22;1-3-4-23(36)12-26(37)34-9-7-33(8-10-34)25-6-5-19(14-29-25)24-11-20(22-16-30-32(2)17-22)18-35-27(24)21(13-28)15-31-35/h7-8,14,17-21,26,40H,6,9-13,15H2,1-3H3;9-10,15,17-22H,4-8,11-14H2,1H3;1,5-6,11,14-18,23,36H,4,7-10,12H2,2H3. The Morgan fingerprint density at radius 2 is 0.812 bits per heavy atom. The minimum atomic E-state index is -0.801. The number of aromatic nitrogens is 15. The van der Waals surface area contributed by atoms with Crippen molar-refractivity contribution in [1.29, 1.82) is 15.8 Å². The van der Waals surface area contributed by atoms with Crippen LogP contribution in [0.4, 0.5) is 17.5 Å². The maximum Gasteiger partial charge on any atom is 0.225 e. The van der Waals surface area contributed by atoms with E-state index in [1.807, 2.05) is 149 Å². The van der Waals surface area contributed by atoms with Crippen molar-refractivity contribution in [3.63, 3.8) is 0 Å². The number of nitriles is 3. The van der Waals surface area contributed by atoms with Crippen LogP contribution in [-0.2, 0) is 35.5 Å². The van der Waals surface area contributed by atoms with Gasteiger partial charge in [0.15, 0.2) is 0 Å². The van der Waals surface area contributed by atoms with E-state index in [0.717, 1.165) is 126 Å². The zero-order chi connectivity index (χ0) is 81.6. The third kappa shape index (κ3) is 19.1. The molecule has 30 nitrogen and oxygen atoms in total. The first-order chi connectivity index (χ1) is 56.9. The Kier molecular flexibility index (Phi) is 24.8. The Hall–Kier alpha value is -14.0. The quantitative estimate of drug-likeness (QED) is 0.0723. The second kappa shape index (κ2) is 36.4. The first-order valence-electron chi connectivity index (χ1n) is 38.9. The van der Waals surface area contributed by atoms with Gasteiger partial charge in [0.1, 0.15) is 35.7 Å². The van der Waals surface area contributed by atoms with Crippen LogP contribution in [0, 0.1) is 75.9 Å². The first-order valence-corrected chi connectivity index (χ1v) is 38.9. The van der Waals surface area contributed by atoms with E-state index in [4.69, 9.17) is 21.4 Å². The molecule has 2 unspecified atom stereocenters. The number of amides is 3. The monoisotopic (exact) mass is 1560 g/mol. The predicted octanol–water partition coefficient (Wildman–Crippen LogP) is 8.02. The number of carbonyl (C=O) groups excluding carboxylic acids is 3. The molecule has 0 aromatic carbocycles. The first kappa shape index (κ1) is 79.6. The molecule has 30 heteroatoms. The molecule has 0 bridgehead atoms. The summed E-state index contributed by atoms with van der Waals surface area (Å²) in [4.78, 5) is 65.9. The number of carbonyl (C=O) groups is 3. The van der Waals surface area contributed by atoms with Gasteiger partial charge in [-0.1, -0.05) is 11.8 Å². The van der Waals surface area contributed by atoms with Crippen LogP contribution < -0.4 is 14.7 Å². The number of fused-ring (bicyclic) bond motifs is 3. The van der Waals surface area contributed by atoms with Crippen molar-refractivity contribution in [2.24, 2.45) is 27.1 Å². The van der Waals surface area contributed by atoms with Gasteiger partial charge in [0.2, 0.25) is 17.7 Å². The van der Waals surface area contributed by atoms with Gasteiger partial charge in [0.25, 0.3) is 0 Å². The number of pyridine rings is 6. The van der Waals surface area contributed by atoms with Gasteiger partial charge in [0, 0.05) is 254 Å². The van der Waals surface area contributed by atoms with Crippen molar-refractivity contribution < 1.29 is 24.6 Å². The van der Waals surface area contributed by atoms with Crippen molar-refractivity contribution >= 4 is 51.7 Å². The minimum Gasteiger partial charge on any atom is -0.392 e. The Bertz CT molecular complexity index is 5890. The molecule has 15 heterocycles. The van der Waals surface area contributed by atoms with Gasteiger partial charge < -0.3 is 39.6 Å². The molecule has 12 aromatic heterocycles. The Labute approximate surface area is 677 Å². The van der Waals surface area contributed by atoms with E-state index in [9.17, 15) is 40.4 Å². The van der Waals surface area contributed by atoms with Crippen LogP contribution in [0.15, 0.2) is 148 Å². The van der Waals surface area contributed by atoms with Crippen molar-refractivity contribution in [2.75, 3.05) is 114 Å². The van der Waals surface area contributed by atoms with Crippen molar-refractivity contribution in [2.45, 2.75) is 70.0 Å².